The molecule has 0 saturated heterocycles. The average molecular weight is 456 g/mol. The van der Waals surface area contributed by atoms with E-state index < -0.39 is 10.0 Å². The predicted octanol–water partition coefficient (Wildman–Crippen LogP) is 3.33. The summed E-state index contributed by atoms with van der Waals surface area (Å²) in [6.07, 6.45) is 3.46. The first-order valence-corrected chi connectivity index (χ1v) is 11.3. The van der Waals surface area contributed by atoms with Gasteiger partial charge in [-0.1, -0.05) is 28.7 Å². The van der Waals surface area contributed by atoms with E-state index in [2.05, 4.69) is 10.3 Å². The molecule has 0 radical (unpaired) electrons. The third-order valence-corrected chi connectivity index (χ3v) is 6.52. The zero-order chi connectivity index (χ0) is 23.1. The van der Waals surface area contributed by atoms with Crippen LogP contribution in [0.15, 0.2) is 78.0 Å². The molecule has 3 rings (SSSR count). The molecule has 32 heavy (non-hydrogen) atoms. The van der Waals surface area contributed by atoms with E-state index in [4.69, 9.17) is 9.57 Å². The van der Waals surface area contributed by atoms with Gasteiger partial charge in [0.1, 0.15) is 12.4 Å². The number of hydrogen-bond acceptors (Lipinski definition) is 6. The molecular weight excluding hydrogens is 430 g/mol. The van der Waals surface area contributed by atoms with Crippen LogP contribution in [0.5, 0.6) is 5.75 Å². The Morgan fingerprint density at radius 3 is 2.53 bits per heavy atom. The summed E-state index contributed by atoms with van der Waals surface area (Å²) in [6.45, 7) is 2.26. The van der Waals surface area contributed by atoms with Crippen molar-refractivity contribution in [2.75, 3.05) is 14.2 Å². The molecule has 168 valence electrons. The van der Waals surface area contributed by atoms with Gasteiger partial charge >= 0.3 is 0 Å². The van der Waals surface area contributed by atoms with Crippen LogP contribution in [0.4, 0.5) is 0 Å². The summed E-state index contributed by atoms with van der Waals surface area (Å²) in [5.74, 6) is 0.322. The van der Waals surface area contributed by atoms with Gasteiger partial charge in [0, 0.05) is 30.6 Å². The number of benzene rings is 2. The summed E-state index contributed by atoms with van der Waals surface area (Å²) in [5, 5.41) is 2.88. The van der Waals surface area contributed by atoms with Crippen molar-refractivity contribution in [1.29, 1.82) is 0 Å². The lowest BCUT2D eigenvalue weighted by molar-refractivity contribution is -0.0258. The van der Waals surface area contributed by atoms with E-state index in [9.17, 15) is 13.2 Å². The smallest absolute Gasteiger partial charge is 0.264 e. The molecule has 9 heteroatoms. The van der Waals surface area contributed by atoms with Crippen LogP contribution in [0.2, 0.25) is 0 Å². The number of nitrogens with zero attached hydrogens (tertiary/aromatic N) is 2. The van der Waals surface area contributed by atoms with Gasteiger partial charge in [0.05, 0.1) is 18.0 Å². The Morgan fingerprint density at radius 1 is 1.12 bits per heavy atom. The molecular formula is C23H25N3O5S. The highest BCUT2D eigenvalue weighted by molar-refractivity contribution is 7.89. The van der Waals surface area contributed by atoms with E-state index in [1.165, 1.54) is 32.4 Å². The molecule has 0 saturated carbocycles. The van der Waals surface area contributed by atoms with Crippen LogP contribution < -0.4 is 10.1 Å². The molecule has 0 fully saturated rings. The van der Waals surface area contributed by atoms with Crippen molar-refractivity contribution in [2.24, 2.45) is 0 Å². The summed E-state index contributed by atoms with van der Waals surface area (Å²) in [4.78, 5) is 21.5. The number of carbonyl (C=O) groups excluding carboxylic acids is 1. The first kappa shape index (κ1) is 23.4. The maximum Gasteiger partial charge on any atom is 0.264 e. The zero-order valence-electron chi connectivity index (χ0n) is 18.1. The third-order valence-electron chi connectivity index (χ3n) is 4.85. The summed E-state index contributed by atoms with van der Waals surface area (Å²) in [7, 11) is -1.30. The van der Waals surface area contributed by atoms with Gasteiger partial charge in [-0.2, -0.15) is 0 Å². The maximum atomic E-state index is 12.7. The lowest BCUT2D eigenvalue weighted by Gasteiger charge is -2.17. The lowest BCUT2D eigenvalue weighted by Crippen LogP contribution is -2.28. The standard InChI is InChI=1S/C23H25N3O5S/c1-17(19-9-11-21(12-10-19)31-16-18-6-5-13-24-15-18)25-23(27)20-7-4-8-22(14-20)32(28,29)26(2)30-3/h4-15,17H,16H2,1-3H3,(H,25,27). The Balaban J connectivity index is 1.64. The fourth-order valence-electron chi connectivity index (χ4n) is 2.91. The quantitative estimate of drug-likeness (QED) is 0.497. The van der Waals surface area contributed by atoms with Gasteiger partial charge in [0.2, 0.25) is 0 Å². The molecule has 1 heterocycles. The van der Waals surface area contributed by atoms with Crippen LogP contribution in [0.1, 0.15) is 34.5 Å². The predicted molar refractivity (Wildman–Crippen MR) is 119 cm³/mol. The number of aromatic nitrogens is 1. The van der Waals surface area contributed by atoms with Crippen LogP contribution in [0, 0.1) is 0 Å². The van der Waals surface area contributed by atoms with E-state index >= 15 is 0 Å². The summed E-state index contributed by atoms with van der Waals surface area (Å²) < 4.78 is 31.3. The topological polar surface area (TPSA) is 97.8 Å². The Bertz CT molecular complexity index is 1150. The third kappa shape index (κ3) is 5.70. The molecule has 1 aromatic heterocycles. The second-order valence-electron chi connectivity index (χ2n) is 7.04. The van der Waals surface area contributed by atoms with Crippen LogP contribution in [0.3, 0.4) is 0 Å². The summed E-state index contributed by atoms with van der Waals surface area (Å²) in [6, 6.07) is 16.7. The molecule has 1 unspecified atom stereocenters. The Kier molecular flexibility index (Phi) is 7.57. The van der Waals surface area contributed by atoms with Crippen molar-refractivity contribution >= 4 is 15.9 Å². The van der Waals surface area contributed by atoms with E-state index in [1.54, 1.807) is 18.5 Å². The molecule has 0 bridgehead atoms. The second kappa shape index (κ2) is 10.4. The number of sulfonamides is 1. The highest BCUT2D eigenvalue weighted by atomic mass is 32.2. The molecule has 3 aromatic rings. The van der Waals surface area contributed by atoms with Gasteiger partial charge in [0.25, 0.3) is 15.9 Å². The van der Waals surface area contributed by atoms with E-state index in [-0.39, 0.29) is 22.4 Å². The summed E-state index contributed by atoms with van der Waals surface area (Å²) >= 11 is 0. The molecule has 0 aliphatic rings. The number of ether oxygens (including phenoxy) is 1. The van der Waals surface area contributed by atoms with Gasteiger partial charge in [-0.05, 0) is 48.9 Å². The fraction of sp³-hybridized carbons (Fsp3) is 0.217. The van der Waals surface area contributed by atoms with Crippen LogP contribution >= 0.6 is 0 Å². The number of hydroxylamine groups is 1. The van der Waals surface area contributed by atoms with Crippen LogP contribution in [0.25, 0.3) is 0 Å². The number of hydrogen-bond donors (Lipinski definition) is 1. The molecule has 8 nitrogen and oxygen atoms in total. The lowest BCUT2D eigenvalue weighted by atomic mass is 10.1. The molecule has 0 aliphatic carbocycles. The minimum atomic E-state index is -3.84. The molecule has 1 N–H and O–H groups in total. The maximum absolute atomic E-state index is 12.7. The van der Waals surface area contributed by atoms with Crippen molar-refractivity contribution in [1.82, 2.24) is 14.8 Å². The van der Waals surface area contributed by atoms with Gasteiger partial charge in [-0.3, -0.25) is 14.6 Å². The molecule has 1 atom stereocenters. The first-order valence-electron chi connectivity index (χ1n) is 9.87. The fourth-order valence-corrected chi connectivity index (χ4v) is 3.93. The zero-order valence-corrected chi connectivity index (χ0v) is 18.9. The largest absolute Gasteiger partial charge is 0.489 e. The highest BCUT2D eigenvalue weighted by Crippen LogP contribution is 2.20. The Labute approximate surface area is 187 Å². The van der Waals surface area contributed by atoms with Crippen LogP contribution in [-0.4, -0.2) is 37.9 Å². The van der Waals surface area contributed by atoms with Crippen molar-refractivity contribution in [3.63, 3.8) is 0 Å². The Hall–Kier alpha value is -3.27. The minimum Gasteiger partial charge on any atom is -0.489 e. The average Bonchev–Trinajstić information content (AvgIpc) is 2.83. The normalized spacial score (nSPS) is 12.4. The molecule has 0 spiro atoms. The van der Waals surface area contributed by atoms with Crippen LogP contribution in [-0.2, 0) is 21.5 Å². The number of amides is 1. The van der Waals surface area contributed by atoms with Crippen molar-refractivity contribution < 1.29 is 22.8 Å². The molecule has 2 aromatic carbocycles. The van der Waals surface area contributed by atoms with Gasteiger partial charge in [-0.15, -0.1) is 0 Å². The van der Waals surface area contributed by atoms with Gasteiger partial charge < -0.3 is 10.1 Å². The molecule has 0 aliphatic heterocycles. The number of nitrogens with one attached hydrogen (secondary N) is 1. The Morgan fingerprint density at radius 2 is 1.88 bits per heavy atom. The number of pyridine rings is 1. The number of rotatable bonds is 9. The van der Waals surface area contributed by atoms with Gasteiger partial charge in [-0.25, -0.2) is 8.42 Å². The van der Waals surface area contributed by atoms with E-state index in [1.807, 2.05) is 43.3 Å². The number of carbonyl (C=O) groups is 1. The van der Waals surface area contributed by atoms with Crippen molar-refractivity contribution in [3.8, 4) is 5.75 Å². The minimum absolute atomic E-state index is 0.0303. The van der Waals surface area contributed by atoms with E-state index in [0.29, 0.717) is 12.4 Å². The van der Waals surface area contributed by atoms with Gasteiger partial charge in [0.15, 0.2) is 0 Å². The summed E-state index contributed by atoms with van der Waals surface area (Å²) in [5.41, 5.74) is 2.09. The second-order valence-corrected chi connectivity index (χ2v) is 8.98. The SMILES string of the molecule is CON(C)S(=O)(=O)c1cccc(C(=O)NC(C)c2ccc(OCc3cccnc3)cc2)c1. The van der Waals surface area contributed by atoms with Crippen molar-refractivity contribution in [2.45, 2.75) is 24.5 Å². The van der Waals surface area contributed by atoms with Crippen molar-refractivity contribution in [3.05, 3.63) is 89.7 Å². The monoisotopic (exact) mass is 455 g/mol. The van der Waals surface area contributed by atoms with E-state index in [0.717, 1.165) is 15.6 Å². The highest BCUT2D eigenvalue weighted by Gasteiger charge is 2.22. The molecule has 1 amide bonds. The first-order chi connectivity index (χ1) is 15.3.